The van der Waals surface area contributed by atoms with Crippen molar-refractivity contribution >= 4 is 34.0 Å². The molecular weight excluding hydrogens is 440 g/mol. The first kappa shape index (κ1) is 22.6. The van der Waals surface area contributed by atoms with Crippen LogP contribution in [0.1, 0.15) is 27.9 Å². The smallest absolute Gasteiger partial charge is 0.349 e. The van der Waals surface area contributed by atoms with Gasteiger partial charge in [-0.15, -0.1) is 11.3 Å². The molecule has 9 heteroatoms. The Balaban J connectivity index is 1.53. The second-order valence-electron chi connectivity index (χ2n) is 7.54. The van der Waals surface area contributed by atoms with Crippen LogP contribution in [-0.4, -0.2) is 45.9 Å². The van der Waals surface area contributed by atoms with Crippen LogP contribution in [0.2, 0.25) is 0 Å². The molecule has 0 atom stereocenters. The van der Waals surface area contributed by atoms with E-state index in [1.807, 2.05) is 19.1 Å². The Hall–Kier alpha value is -3.59. The Morgan fingerprint density at radius 1 is 1.18 bits per heavy atom. The normalized spacial score (nSPS) is 11.0. The van der Waals surface area contributed by atoms with Gasteiger partial charge in [0.05, 0.1) is 29.8 Å². The number of methoxy groups -OCH3 is 1. The SMILES string of the molecule is CCOc1cc(-c2cc(NCCn3c(C)cc4c(OC)ccc(C)c43)ncn2)sc1C(=O)O. The lowest BCUT2D eigenvalue weighted by molar-refractivity contribution is 0.0698. The highest BCUT2D eigenvalue weighted by molar-refractivity contribution is 7.17. The first-order valence-corrected chi connectivity index (χ1v) is 11.4. The number of rotatable bonds is 9. The van der Waals surface area contributed by atoms with Crippen molar-refractivity contribution in [3.8, 4) is 22.1 Å². The maximum Gasteiger partial charge on any atom is 0.349 e. The van der Waals surface area contributed by atoms with Crippen molar-refractivity contribution in [2.24, 2.45) is 0 Å². The van der Waals surface area contributed by atoms with Gasteiger partial charge in [0.15, 0.2) is 4.88 Å². The molecule has 172 valence electrons. The first-order chi connectivity index (χ1) is 15.9. The number of aromatic carboxylic acids is 1. The number of hydrogen-bond acceptors (Lipinski definition) is 7. The Kier molecular flexibility index (Phi) is 6.50. The Morgan fingerprint density at radius 2 is 2.00 bits per heavy atom. The van der Waals surface area contributed by atoms with E-state index in [0.717, 1.165) is 39.6 Å². The van der Waals surface area contributed by atoms with Crippen LogP contribution in [0.5, 0.6) is 11.5 Å². The largest absolute Gasteiger partial charge is 0.496 e. The number of carbonyl (C=O) groups is 1. The number of nitrogens with zero attached hydrogens (tertiary/aromatic N) is 3. The van der Waals surface area contributed by atoms with E-state index in [4.69, 9.17) is 9.47 Å². The van der Waals surface area contributed by atoms with Gasteiger partial charge in [-0.05, 0) is 38.5 Å². The number of carboxylic acid groups (broad SMARTS) is 1. The van der Waals surface area contributed by atoms with Crippen LogP contribution in [0.25, 0.3) is 21.5 Å². The van der Waals surface area contributed by atoms with Gasteiger partial charge in [-0.2, -0.15) is 0 Å². The highest BCUT2D eigenvalue weighted by atomic mass is 32.1. The predicted molar refractivity (Wildman–Crippen MR) is 130 cm³/mol. The standard InChI is InChI=1S/C24H26N4O4S/c1-5-32-19-12-20(33-23(19)24(29)30)17-11-21(27-13-26-17)25-8-9-28-15(3)10-16-18(31-4)7-6-14(2)22(16)28/h6-7,10-13H,5,8-9H2,1-4H3,(H,29,30)(H,25,26,27). The van der Waals surface area contributed by atoms with E-state index in [-0.39, 0.29) is 4.88 Å². The summed E-state index contributed by atoms with van der Waals surface area (Å²) in [6, 6.07) is 9.76. The van der Waals surface area contributed by atoms with Gasteiger partial charge in [-0.25, -0.2) is 14.8 Å². The highest BCUT2D eigenvalue weighted by Gasteiger charge is 2.18. The van der Waals surface area contributed by atoms with Crippen LogP contribution in [0.4, 0.5) is 5.82 Å². The van der Waals surface area contributed by atoms with Crippen molar-refractivity contribution in [2.45, 2.75) is 27.3 Å². The topological polar surface area (TPSA) is 98.5 Å². The minimum atomic E-state index is -1.01. The average molecular weight is 467 g/mol. The van der Waals surface area contributed by atoms with E-state index >= 15 is 0 Å². The molecule has 3 heterocycles. The first-order valence-electron chi connectivity index (χ1n) is 10.6. The lowest BCUT2D eigenvalue weighted by atomic mass is 10.1. The van der Waals surface area contributed by atoms with Crippen molar-refractivity contribution in [3.63, 3.8) is 0 Å². The monoisotopic (exact) mass is 466 g/mol. The van der Waals surface area contributed by atoms with Gasteiger partial charge >= 0.3 is 5.97 Å². The van der Waals surface area contributed by atoms with Gasteiger partial charge in [-0.1, -0.05) is 6.07 Å². The highest BCUT2D eigenvalue weighted by Crippen LogP contribution is 2.36. The molecule has 4 aromatic rings. The van der Waals surface area contributed by atoms with Crippen molar-refractivity contribution in [3.05, 3.63) is 52.8 Å². The van der Waals surface area contributed by atoms with Crippen molar-refractivity contribution in [2.75, 3.05) is 25.6 Å². The van der Waals surface area contributed by atoms with E-state index in [2.05, 4.69) is 45.8 Å². The number of thiophene rings is 1. The molecule has 8 nitrogen and oxygen atoms in total. The molecule has 33 heavy (non-hydrogen) atoms. The summed E-state index contributed by atoms with van der Waals surface area (Å²) in [6.45, 7) is 7.82. The second-order valence-corrected chi connectivity index (χ2v) is 8.59. The molecule has 0 saturated carbocycles. The molecule has 3 aromatic heterocycles. The fourth-order valence-electron chi connectivity index (χ4n) is 3.92. The van der Waals surface area contributed by atoms with Gasteiger partial charge in [0.2, 0.25) is 0 Å². The molecule has 0 radical (unpaired) electrons. The second kappa shape index (κ2) is 9.50. The van der Waals surface area contributed by atoms with E-state index in [1.165, 1.54) is 17.4 Å². The minimum Gasteiger partial charge on any atom is -0.496 e. The fraction of sp³-hybridized carbons (Fsp3) is 0.292. The number of anilines is 1. The molecule has 0 saturated heterocycles. The summed E-state index contributed by atoms with van der Waals surface area (Å²) < 4.78 is 13.3. The maximum atomic E-state index is 11.5. The summed E-state index contributed by atoms with van der Waals surface area (Å²) in [7, 11) is 1.69. The van der Waals surface area contributed by atoms with E-state index < -0.39 is 5.97 Å². The third-order valence-electron chi connectivity index (χ3n) is 5.40. The number of benzene rings is 1. The van der Waals surface area contributed by atoms with E-state index in [1.54, 1.807) is 13.2 Å². The zero-order chi connectivity index (χ0) is 23.5. The van der Waals surface area contributed by atoms with Crippen molar-refractivity contribution in [1.29, 1.82) is 0 Å². The fourth-order valence-corrected chi connectivity index (χ4v) is 4.83. The predicted octanol–water partition coefficient (Wildman–Crippen LogP) is 4.99. The Labute approximate surface area is 195 Å². The van der Waals surface area contributed by atoms with Crippen LogP contribution in [0.15, 0.2) is 36.7 Å². The number of carboxylic acids is 1. The lowest BCUT2D eigenvalue weighted by Crippen LogP contribution is -2.12. The third kappa shape index (κ3) is 4.49. The van der Waals surface area contributed by atoms with Crippen LogP contribution in [-0.2, 0) is 6.54 Å². The van der Waals surface area contributed by atoms with Gasteiger partial charge in [-0.3, -0.25) is 0 Å². The summed E-state index contributed by atoms with van der Waals surface area (Å²) in [5.41, 5.74) is 4.17. The number of ether oxygens (including phenoxy) is 2. The van der Waals surface area contributed by atoms with Crippen LogP contribution in [0, 0.1) is 13.8 Å². The molecule has 0 aliphatic heterocycles. The number of aryl methyl sites for hydroxylation is 2. The minimum absolute atomic E-state index is 0.167. The molecule has 0 unspecified atom stereocenters. The molecule has 0 aliphatic carbocycles. The zero-order valence-corrected chi connectivity index (χ0v) is 19.8. The molecule has 2 N–H and O–H groups in total. The quantitative estimate of drug-likeness (QED) is 0.358. The van der Waals surface area contributed by atoms with E-state index in [0.29, 0.717) is 30.4 Å². The average Bonchev–Trinajstić information content (AvgIpc) is 3.37. The van der Waals surface area contributed by atoms with Gasteiger partial charge in [0, 0.05) is 36.3 Å². The molecule has 0 fully saturated rings. The molecule has 0 aliphatic rings. The number of aromatic nitrogens is 3. The molecule has 0 amide bonds. The molecular formula is C24H26N4O4S. The van der Waals surface area contributed by atoms with Crippen molar-refractivity contribution < 1.29 is 19.4 Å². The van der Waals surface area contributed by atoms with Crippen LogP contribution >= 0.6 is 11.3 Å². The summed E-state index contributed by atoms with van der Waals surface area (Å²) in [4.78, 5) is 21.0. The van der Waals surface area contributed by atoms with Crippen molar-refractivity contribution in [1.82, 2.24) is 14.5 Å². The maximum absolute atomic E-state index is 11.5. The van der Waals surface area contributed by atoms with Gasteiger partial charge in [0.25, 0.3) is 0 Å². The number of fused-ring (bicyclic) bond motifs is 1. The van der Waals surface area contributed by atoms with Gasteiger partial charge < -0.3 is 24.5 Å². The van der Waals surface area contributed by atoms with Crippen LogP contribution < -0.4 is 14.8 Å². The Bertz CT molecular complexity index is 1310. The van der Waals surface area contributed by atoms with Gasteiger partial charge in [0.1, 0.15) is 23.6 Å². The summed E-state index contributed by atoms with van der Waals surface area (Å²) in [6.07, 6.45) is 1.48. The van der Waals surface area contributed by atoms with E-state index in [9.17, 15) is 9.90 Å². The van der Waals surface area contributed by atoms with Crippen LogP contribution in [0.3, 0.4) is 0 Å². The zero-order valence-electron chi connectivity index (χ0n) is 19.0. The molecule has 0 spiro atoms. The molecule has 1 aromatic carbocycles. The summed E-state index contributed by atoms with van der Waals surface area (Å²) >= 11 is 1.14. The Morgan fingerprint density at radius 3 is 2.73 bits per heavy atom. The molecule has 4 rings (SSSR count). The number of hydrogen-bond donors (Lipinski definition) is 2. The number of nitrogens with one attached hydrogen (secondary N) is 1. The third-order valence-corrected chi connectivity index (χ3v) is 6.53. The lowest BCUT2D eigenvalue weighted by Gasteiger charge is -2.12. The summed E-state index contributed by atoms with van der Waals surface area (Å²) in [5, 5.41) is 13.9. The summed E-state index contributed by atoms with van der Waals surface area (Å²) in [5.74, 6) is 0.892. The molecule has 0 bridgehead atoms.